The zero-order chi connectivity index (χ0) is 26.2. The quantitative estimate of drug-likeness (QED) is 0.451. The van der Waals surface area contributed by atoms with Gasteiger partial charge in [0, 0.05) is 43.9 Å². The number of rotatable bonds is 6. The van der Waals surface area contributed by atoms with Crippen molar-refractivity contribution in [2.75, 3.05) is 32.1 Å². The molecule has 0 aliphatic carbocycles. The van der Waals surface area contributed by atoms with Crippen molar-refractivity contribution in [1.82, 2.24) is 25.0 Å². The number of carbonyl (C=O) groups is 1. The molecule has 12 nitrogen and oxygen atoms in total. The van der Waals surface area contributed by atoms with Crippen LogP contribution in [-0.4, -0.2) is 68.7 Å². The second-order valence-corrected chi connectivity index (χ2v) is 9.87. The highest BCUT2D eigenvalue weighted by Crippen LogP contribution is 2.34. The van der Waals surface area contributed by atoms with Gasteiger partial charge in [0.05, 0.1) is 30.2 Å². The fraction of sp³-hybridized carbons (Fsp3) is 0.360. The number of hydrogen-bond donors (Lipinski definition) is 3. The van der Waals surface area contributed by atoms with E-state index in [1.165, 1.54) is 11.1 Å². The first-order valence-corrected chi connectivity index (χ1v) is 11.8. The van der Waals surface area contributed by atoms with E-state index in [2.05, 4.69) is 44.3 Å². The van der Waals surface area contributed by atoms with Crippen LogP contribution in [-0.2, 0) is 15.1 Å². The van der Waals surface area contributed by atoms with Crippen molar-refractivity contribution in [3.05, 3.63) is 54.2 Å². The summed E-state index contributed by atoms with van der Waals surface area (Å²) >= 11 is 0. The first kappa shape index (κ1) is 24.4. The van der Waals surface area contributed by atoms with E-state index in [9.17, 15) is 9.90 Å². The molecule has 3 aromatic heterocycles. The molecule has 0 aromatic carbocycles. The lowest BCUT2D eigenvalue weighted by Crippen LogP contribution is -2.35. The highest BCUT2D eigenvalue weighted by molar-refractivity contribution is 5.96. The maximum Gasteiger partial charge on any atom is 0.262 e. The van der Waals surface area contributed by atoms with E-state index in [0.717, 1.165) is 0 Å². The highest BCUT2D eigenvalue weighted by Gasteiger charge is 2.48. The van der Waals surface area contributed by atoms with Crippen LogP contribution < -0.4 is 11.1 Å². The molecule has 1 atom stereocenters. The summed E-state index contributed by atoms with van der Waals surface area (Å²) < 4.78 is 11.1. The summed E-state index contributed by atoms with van der Waals surface area (Å²) in [4.78, 5) is 31.8. The average Bonchev–Trinajstić information content (AvgIpc) is 3.50. The van der Waals surface area contributed by atoms with Crippen molar-refractivity contribution in [2.24, 2.45) is 16.1 Å². The molecule has 2 aliphatic rings. The van der Waals surface area contributed by atoms with Crippen LogP contribution in [0, 0.1) is 5.41 Å². The Bertz CT molecular complexity index is 1400. The number of nitrogens with one attached hydrogen (secondary N) is 1. The fourth-order valence-corrected chi connectivity index (χ4v) is 4.05. The second kappa shape index (κ2) is 9.28. The van der Waals surface area contributed by atoms with E-state index in [0.29, 0.717) is 60.0 Å². The van der Waals surface area contributed by atoms with Gasteiger partial charge in [0.1, 0.15) is 11.4 Å². The van der Waals surface area contributed by atoms with Crippen LogP contribution in [0.25, 0.3) is 22.8 Å². The monoisotopic (exact) mass is 504 g/mol. The zero-order valence-corrected chi connectivity index (χ0v) is 20.8. The minimum Gasteiger partial charge on any atom is -0.476 e. The van der Waals surface area contributed by atoms with Crippen LogP contribution in [0.15, 0.2) is 57.9 Å². The molecule has 4 N–H and O–H groups in total. The first-order chi connectivity index (χ1) is 17.7. The zero-order valence-electron chi connectivity index (χ0n) is 20.8. The van der Waals surface area contributed by atoms with Gasteiger partial charge in [-0.3, -0.25) is 4.79 Å². The Labute approximate surface area is 213 Å². The number of anilines is 1. The van der Waals surface area contributed by atoms with Gasteiger partial charge in [-0.15, -0.1) is 0 Å². The van der Waals surface area contributed by atoms with E-state index in [1.54, 1.807) is 37.5 Å². The first-order valence-electron chi connectivity index (χ1n) is 11.8. The largest absolute Gasteiger partial charge is 0.476 e. The lowest BCUT2D eigenvalue weighted by Gasteiger charge is -2.28. The van der Waals surface area contributed by atoms with Crippen LogP contribution in [0.3, 0.4) is 0 Å². The molecule has 1 saturated heterocycles. The summed E-state index contributed by atoms with van der Waals surface area (Å²) in [5.74, 6) is 0.380. The maximum absolute atomic E-state index is 12.4. The van der Waals surface area contributed by atoms with E-state index < -0.39 is 11.5 Å². The summed E-state index contributed by atoms with van der Waals surface area (Å²) in [6, 6.07) is 8.63. The van der Waals surface area contributed by atoms with Gasteiger partial charge in [0.15, 0.2) is 5.76 Å². The maximum atomic E-state index is 12.4. The van der Waals surface area contributed by atoms with Gasteiger partial charge in [-0.05, 0) is 18.2 Å². The van der Waals surface area contributed by atoms with Crippen molar-refractivity contribution >= 4 is 17.8 Å². The van der Waals surface area contributed by atoms with Crippen LogP contribution in [0.2, 0.25) is 0 Å². The second-order valence-electron chi connectivity index (χ2n) is 9.87. The van der Waals surface area contributed by atoms with Gasteiger partial charge < -0.3 is 30.3 Å². The molecule has 0 unspecified atom stereocenters. The predicted molar refractivity (Wildman–Crippen MR) is 135 cm³/mol. The lowest BCUT2D eigenvalue weighted by molar-refractivity contribution is -0.144. The number of aliphatic imine (C=N–C) groups is 1. The smallest absolute Gasteiger partial charge is 0.262 e. The van der Waals surface area contributed by atoms with Crippen LogP contribution in [0.4, 0.5) is 5.95 Å². The number of likely N-dealkylation sites (tertiary alicyclic amines) is 1. The van der Waals surface area contributed by atoms with Crippen molar-refractivity contribution in [2.45, 2.75) is 25.9 Å². The Hall–Kier alpha value is -4.32. The van der Waals surface area contributed by atoms with Crippen LogP contribution in [0.5, 0.6) is 0 Å². The topological polar surface area (TPSA) is 165 Å². The van der Waals surface area contributed by atoms with Gasteiger partial charge >= 0.3 is 0 Å². The van der Waals surface area contributed by atoms with Gasteiger partial charge in [0.2, 0.25) is 17.4 Å². The molecule has 0 bridgehead atoms. The van der Waals surface area contributed by atoms with Crippen molar-refractivity contribution < 1.29 is 19.2 Å². The average molecular weight is 505 g/mol. The Morgan fingerprint density at radius 3 is 2.62 bits per heavy atom. The molecule has 5 rings (SSSR count). The standard InChI is InChI=1S/C25H28N8O4/c1-24(2)13-28-21(36-14-24)19(12-26)31-23-27-9-7-17(30-23)15-5-4-6-16(29-15)18-11-20(37-32-18)25(35)8-10-33(3)22(25)34/h4-7,9,11-12,35H,8,10,13-14,26H2,1-3H3,(H,27,30,31)/b19-12+/t25-/m1/s1. The molecule has 37 heavy (non-hydrogen) atoms. The molecule has 12 heteroatoms. The van der Waals surface area contributed by atoms with Crippen LogP contribution in [0.1, 0.15) is 26.0 Å². The number of ether oxygens (including phenoxy) is 1. The highest BCUT2D eigenvalue weighted by atomic mass is 16.5. The number of nitrogens with zero attached hydrogens (tertiary/aromatic N) is 6. The molecule has 0 radical (unpaired) electrons. The summed E-state index contributed by atoms with van der Waals surface area (Å²) in [7, 11) is 1.63. The lowest BCUT2D eigenvalue weighted by atomic mass is 9.94. The van der Waals surface area contributed by atoms with Crippen molar-refractivity contribution in [3.63, 3.8) is 0 Å². The molecule has 5 heterocycles. The van der Waals surface area contributed by atoms with E-state index in [-0.39, 0.29) is 17.6 Å². The van der Waals surface area contributed by atoms with E-state index >= 15 is 0 Å². The SMILES string of the molecule is CN1CC[C@@](O)(c2cc(-c3cccc(-c4ccnc(N/C(=C/N)C5=NCC(C)(C)CO5)n4)n3)no2)C1=O. The fourth-order valence-electron chi connectivity index (χ4n) is 4.05. The third-order valence-corrected chi connectivity index (χ3v) is 6.25. The number of hydrogen-bond acceptors (Lipinski definition) is 11. The summed E-state index contributed by atoms with van der Waals surface area (Å²) in [6.45, 7) is 5.73. The third kappa shape index (κ3) is 4.75. The molecule has 2 aliphatic heterocycles. The van der Waals surface area contributed by atoms with Gasteiger partial charge in [-0.1, -0.05) is 25.1 Å². The third-order valence-electron chi connectivity index (χ3n) is 6.25. The summed E-state index contributed by atoms with van der Waals surface area (Å²) in [5, 5.41) is 17.9. The summed E-state index contributed by atoms with van der Waals surface area (Å²) in [5.41, 5.74) is 6.53. The number of likely N-dealkylation sites (N-methyl/N-ethyl adjacent to an activating group) is 1. The van der Waals surface area contributed by atoms with Crippen molar-refractivity contribution in [3.8, 4) is 22.8 Å². The van der Waals surface area contributed by atoms with E-state index in [4.69, 9.17) is 15.0 Å². The number of carbonyl (C=O) groups excluding carboxylic acids is 1. The molecule has 3 aromatic rings. The predicted octanol–water partition coefficient (Wildman–Crippen LogP) is 1.91. The molecule has 0 saturated carbocycles. The van der Waals surface area contributed by atoms with Crippen molar-refractivity contribution in [1.29, 1.82) is 0 Å². The Kier molecular flexibility index (Phi) is 6.12. The molecule has 0 spiro atoms. The Balaban J connectivity index is 1.37. The molecular formula is C25H28N8O4. The Morgan fingerprint density at radius 2 is 1.95 bits per heavy atom. The van der Waals surface area contributed by atoms with Gasteiger partial charge in [0.25, 0.3) is 5.91 Å². The normalized spacial score (nSPS) is 21.5. The van der Waals surface area contributed by atoms with Gasteiger partial charge in [-0.2, -0.15) is 0 Å². The molecule has 192 valence electrons. The molecular weight excluding hydrogens is 476 g/mol. The Morgan fingerprint density at radius 1 is 1.19 bits per heavy atom. The number of nitrogens with two attached hydrogens (primary N) is 1. The van der Waals surface area contributed by atoms with Crippen LogP contribution >= 0.6 is 0 Å². The number of pyridine rings is 1. The minimum absolute atomic E-state index is 0.0400. The number of amides is 1. The molecule has 1 fully saturated rings. The number of aliphatic hydroxyl groups is 1. The minimum atomic E-state index is -1.72. The van der Waals surface area contributed by atoms with Gasteiger partial charge in [-0.25, -0.2) is 19.9 Å². The summed E-state index contributed by atoms with van der Waals surface area (Å²) in [6.07, 6.45) is 3.20. The van der Waals surface area contributed by atoms with E-state index in [1.807, 2.05) is 6.07 Å². The number of aromatic nitrogens is 4. The molecule has 1 amide bonds.